The Bertz CT molecular complexity index is 475. The van der Waals surface area contributed by atoms with Crippen LogP contribution in [0.4, 0.5) is 5.69 Å². The van der Waals surface area contributed by atoms with Gasteiger partial charge in [0.2, 0.25) is 0 Å². The lowest BCUT2D eigenvalue weighted by molar-refractivity contribution is 0.0497. The summed E-state index contributed by atoms with van der Waals surface area (Å²) < 4.78 is 5.98. The van der Waals surface area contributed by atoms with Gasteiger partial charge in [-0.2, -0.15) is 0 Å². The fourth-order valence-corrected chi connectivity index (χ4v) is 3.13. The smallest absolute Gasteiger partial charge is 0.0766 e. The molecule has 130 valence electrons. The van der Waals surface area contributed by atoms with E-state index >= 15 is 0 Å². The summed E-state index contributed by atoms with van der Waals surface area (Å²) in [4.78, 5) is 2.44. The van der Waals surface area contributed by atoms with Gasteiger partial charge in [0.1, 0.15) is 0 Å². The van der Waals surface area contributed by atoms with Crippen LogP contribution in [0.25, 0.3) is 0 Å². The molecule has 0 spiro atoms. The molecule has 2 rings (SSSR count). The highest BCUT2D eigenvalue weighted by Crippen LogP contribution is 2.25. The number of ether oxygens (including phenoxy) is 1. The van der Waals surface area contributed by atoms with Crippen LogP contribution < -0.4 is 10.2 Å². The molecular formula is C20H34N2O. The van der Waals surface area contributed by atoms with E-state index in [0.29, 0.717) is 18.1 Å². The van der Waals surface area contributed by atoms with E-state index in [2.05, 4.69) is 76.0 Å². The van der Waals surface area contributed by atoms with Gasteiger partial charge >= 0.3 is 0 Å². The molecule has 1 aliphatic heterocycles. The minimum atomic E-state index is 0.133. The summed E-state index contributed by atoms with van der Waals surface area (Å²) in [6.07, 6.45) is 1.52. The first-order valence-corrected chi connectivity index (χ1v) is 8.99. The van der Waals surface area contributed by atoms with Crippen LogP contribution in [0.3, 0.4) is 0 Å². The molecule has 1 aromatic rings. The van der Waals surface area contributed by atoms with Crippen molar-refractivity contribution < 1.29 is 4.74 Å². The average molecular weight is 319 g/mol. The molecule has 1 fully saturated rings. The summed E-state index contributed by atoms with van der Waals surface area (Å²) in [5, 5.41) is 3.63. The minimum Gasteiger partial charge on any atom is -0.376 e. The summed E-state index contributed by atoms with van der Waals surface area (Å²) in [6, 6.07) is 9.37. The van der Waals surface area contributed by atoms with E-state index in [0.717, 1.165) is 26.1 Å². The van der Waals surface area contributed by atoms with E-state index in [-0.39, 0.29) is 5.54 Å². The Kier molecular flexibility index (Phi) is 6.10. The third-order valence-electron chi connectivity index (χ3n) is 4.22. The van der Waals surface area contributed by atoms with Crippen LogP contribution in [0.1, 0.15) is 59.6 Å². The maximum Gasteiger partial charge on any atom is 0.0766 e. The zero-order valence-electron chi connectivity index (χ0n) is 15.7. The Morgan fingerprint density at radius 1 is 1.17 bits per heavy atom. The lowest BCUT2D eigenvalue weighted by Crippen LogP contribution is -2.37. The second-order valence-corrected chi connectivity index (χ2v) is 8.29. The first-order chi connectivity index (χ1) is 10.7. The molecule has 0 aromatic heterocycles. The Balaban J connectivity index is 1.90. The van der Waals surface area contributed by atoms with Crippen molar-refractivity contribution >= 4 is 5.69 Å². The van der Waals surface area contributed by atoms with E-state index in [1.54, 1.807) is 0 Å². The van der Waals surface area contributed by atoms with Crippen LogP contribution in [-0.4, -0.2) is 31.3 Å². The van der Waals surface area contributed by atoms with Gasteiger partial charge in [0.05, 0.1) is 6.10 Å². The summed E-state index contributed by atoms with van der Waals surface area (Å²) in [6.45, 7) is 16.2. The number of nitrogens with zero attached hydrogens (tertiary/aromatic N) is 1. The molecule has 1 saturated heterocycles. The molecule has 0 saturated carbocycles. The summed E-state index contributed by atoms with van der Waals surface area (Å²) >= 11 is 0. The summed E-state index contributed by atoms with van der Waals surface area (Å²) in [5.74, 6) is 0.611. The fraction of sp³-hybridized carbons (Fsp3) is 0.700. The van der Waals surface area contributed by atoms with E-state index in [4.69, 9.17) is 4.74 Å². The molecule has 1 aliphatic rings. The van der Waals surface area contributed by atoms with Crippen molar-refractivity contribution in [3.05, 3.63) is 29.8 Å². The second-order valence-electron chi connectivity index (χ2n) is 8.29. The Hall–Kier alpha value is -1.06. The maximum atomic E-state index is 5.98. The van der Waals surface area contributed by atoms with Crippen molar-refractivity contribution in [2.45, 2.75) is 65.6 Å². The van der Waals surface area contributed by atoms with Crippen LogP contribution in [0.5, 0.6) is 0 Å². The van der Waals surface area contributed by atoms with Gasteiger partial charge in [-0.1, -0.05) is 26.0 Å². The minimum absolute atomic E-state index is 0.133. The van der Waals surface area contributed by atoms with E-state index in [1.807, 2.05) is 0 Å². The number of benzene rings is 1. The highest BCUT2D eigenvalue weighted by molar-refractivity contribution is 5.49. The molecule has 3 heteroatoms. The fourth-order valence-electron chi connectivity index (χ4n) is 3.13. The monoisotopic (exact) mass is 318 g/mol. The molecule has 3 nitrogen and oxygen atoms in total. The molecule has 0 aliphatic carbocycles. The quantitative estimate of drug-likeness (QED) is 0.842. The van der Waals surface area contributed by atoms with Crippen molar-refractivity contribution in [3.8, 4) is 0 Å². The molecule has 0 bridgehead atoms. The van der Waals surface area contributed by atoms with Gasteiger partial charge in [-0.05, 0) is 57.7 Å². The molecule has 2 atom stereocenters. The number of anilines is 1. The van der Waals surface area contributed by atoms with Gasteiger partial charge in [0.15, 0.2) is 0 Å². The molecule has 0 radical (unpaired) electrons. The van der Waals surface area contributed by atoms with E-state index in [9.17, 15) is 0 Å². The van der Waals surface area contributed by atoms with E-state index < -0.39 is 0 Å². The van der Waals surface area contributed by atoms with Gasteiger partial charge in [-0.25, -0.2) is 0 Å². The Labute approximate surface area is 142 Å². The van der Waals surface area contributed by atoms with Gasteiger partial charge in [-0.15, -0.1) is 0 Å². The summed E-state index contributed by atoms with van der Waals surface area (Å²) in [7, 11) is 0. The predicted octanol–water partition coefficient (Wildman–Crippen LogP) is 4.39. The molecule has 1 N–H and O–H groups in total. The van der Waals surface area contributed by atoms with Crippen molar-refractivity contribution in [1.29, 1.82) is 0 Å². The third-order valence-corrected chi connectivity index (χ3v) is 4.22. The first kappa shape index (κ1) is 18.3. The van der Waals surface area contributed by atoms with Gasteiger partial charge in [-0.3, -0.25) is 0 Å². The predicted molar refractivity (Wildman–Crippen MR) is 99.2 cm³/mol. The topological polar surface area (TPSA) is 24.5 Å². The first-order valence-electron chi connectivity index (χ1n) is 8.99. The van der Waals surface area contributed by atoms with Crippen LogP contribution in [0.15, 0.2) is 24.3 Å². The van der Waals surface area contributed by atoms with Crippen molar-refractivity contribution in [2.24, 2.45) is 5.92 Å². The SMILES string of the molecule is CC(C)CO[C@H]1CCN(c2ccc(C(C)NC(C)(C)C)cc2)C1. The summed E-state index contributed by atoms with van der Waals surface area (Å²) in [5.41, 5.74) is 2.79. The average Bonchev–Trinajstić information content (AvgIpc) is 2.92. The second kappa shape index (κ2) is 7.67. The number of rotatable bonds is 6. The zero-order valence-corrected chi connectivity index (χ0v) is 15.7. The zero-order chi connectivity index (χ0) is 17.0. The highest BCUT2D eigenvalue weighted by Gasteiger charge is 2.23. The van der Waals surface area contributed by atoms with Gasteiger partial charge < -0.3 is 15.0 Å². The number of hydrogen-bond acceptors (Lipinski definition) is 3. The maximum absolute atomic E-state index is 5.98. The van der Waals surface area contributed by atoms with Crippen molar-refractivity contribution in [1.82, 2.24) is 5.32 Å². The molecular weight excluding hydrogens is 284 g/mol. The number of nitrogens with one attached hydrogen (secondary N) is 1. The van der Waals surface area contributed by atoms with Crippen LogP contribution in [0, 0.1) is 5.92 Å². The van der Waals surface area contributed by atoms with Crippen LogP contribution in [0.2, 0.25) is 0 Å². The molecule has 1 unspecified atom stereocenters. The Morgan fingerprint density at radius 3 is 2.39 bits per heavy atom. The lowest BCUT2D eigenvalue weighted by atomic mass is 10.0. The Morgan fingerprint density at radius 2 is 1.83 bits per heavy atom. The standard InChI is InChI=1S/C20H34N2O/c1-15(2)14-23-19-11-12-22(13-19)18-9-7-17(8-10-18)16(3)21-20(4,5)6/h7-10,15-16,19,21H,11-14H2,1-6H3/t16?,19-/m0/s1. The highest BCUT2D eigenvalue weighted by atomic mass is 16.5. The van der Waals surface area contributed by atoms with Crippen LogP contribution in [-0.2, 0) is 4.74 Å². The lowest BCUT2D eigenvalue weighted by Gasteiger charge is -2.27. The third kappa shape index (κ3) is 5.82. The molecule has 1 aromatic carbocycles. The van der Waals surface area contributed by atoms with Crippen molar-refractivity contribution in [2.75, 3.05) is 24.6 Å². The van der Waals surface area contributed by atoms with Gasteiger partial charge in [0, 0.05) is 37.0 Å². The van der Waals surface area contributed by atoms with E-state index in [1.165, 1.54) is 11.3 Å². The van der Waals surface area contributed by atoms with Gasteiger partial charge in [0.25, 0.3) is 0 Å². The normalized spacial score (nSPS) is 20.3. The molecule has 0 amide bonds. The van der Waals surface area contributed by atoms with Crippen molar-refractivity contribution in [3.63, 3.8) is 0 Å². The molecule has 23 heavy (non-hydrogen) atoms. The largest absolute Gasteiger partial charge is 0.376 e. The molecule has 1 heterocycles. The van der Waals surface area contributed by atoms with Crippen LogP contribution >= 0.6 is 0 Å². The number of hydrogen-bond donors (Lipinski definition) is 1.